The molecule has 0 fully saturated rings. The van der Waals surface area contributed by atoms with Gasteiger partial charge in [0, 0.05) is 17.3 Å². The summed E-state index contributed by atoms with van der Waals surface area (Å²) in [6.07, 6.45) is 2.32. The summed E-state index contributed by atoms with van der Waals surface area (Å²) in [5, 5.41) is 0. The predicted octanol–water partition coefficient (Wildman–Crippen LogP) is 2.16. The zero-order valence-corrected chi connectivity index (χ0v) is 9.03. The van der Waals surface area contributed by atoms with Crippen LogP contribution in [0.5, 0.6) is 0 Å². The van der Waals surface area contributed by atoms with Crippen LogP contribution in [0.15, 0.2) is 5.51 Å². The first-order valence-electron chi connectivity index (χ1n) is 4.75. The maximum Gasteiger partial charge on any atom is 0.0797 e. The molecule has 3 heteroatoms. The Morgan fingerprint density at radius 2 is 2.46 bits per heavy atom. The Labute approximate surface area is 83.2 Å². The summed E-state index contributed by atoms with van der Waals surface area (Å²) in [6, 6.07) is 0. The Balaban J connectivity index is 2.36. The van der Waals surface area contributed by atoms with Crippen molar-refractivity contribution >= 4 is 11.3 Å². The molecule has 0 bridgehead atoms. The van der Waals surface area contributed by atoms with Gasteiger partial charge < -0.3 is 5.73 Å². The van der Waals surface area contributed by atoms with E-state index < -0.39 is 0 Å². The van der Waals surface area contributed by atoms with Gasteiger partial charge in [-0.2, -0.15) is 0 Å². The number of rotatable bonds is 1. The fraction of sp³-hybridized carbons (Fsp3) is 0.700. The molecule has 1 atom stereocenters. The van der Waals surface area contributed by atoms with Crippen molar-refractivity contribution < 1.29 is 0 Å². The summed E-state index contributed by atoms with van der Waals surface area (Å²) >= 11 is 1.77. The third-order valence-electron chi connectivity index (χ3n) is 2.77. The van der Waals surface area contributed by atoms with E-state index in [0.717, 1.165) is 13.0 Å². The highest BCUT2D eigenvalue weighted by molar-refractivity contribution is 7.09. The number of hydrogen-bond donors (Lipinski definition) is 1. The molecule has 2 N–H and O–H groups in total. The molecule has 0 radical (unpaired) electrons. The van der Waals surface area contributed by atoms with Crippen molar-refractivity contribution in [2.45, 2.75) is 32.6 Å². The van der Waals surface area contributed by atoms with Crippen LogP contribution in [0.3, 0.4) is 0 Å². The average molecular weight is 196 g/mol. The normalized spacial score (nSPS) is 25.6. The summed E-state index contributed by atoms with van der Waals surface area (Å²) in [6.45, 7) is 5.37. The molecule has 1 aliphatic rings. The second-order valence-corrected chi connectivity index (χ2v) is 5.53. The Morgan fingerprint density at radius 3 is 3.15 bits per heavy atom. The molecule has 1 heterocycles. The van der Waals surface area contributed by atoms with E-state index in [1.54, 1.807) is 11.3 Å². The van der Waals surface area contributed by atoms with Crippen molar-refractivity contribution in [1.29, 1.82) is 0 Å². The van der Waals surface area contributed by atoms with Crippen molar-refractivity contribution in [2.24, 2.45) is 11.1 Å². The molecule has 0 aromatic carbocycles. The van der Waals surface area contributed by atoms with Gasteiger partial charge in [-0.1, -0.05) is 13.8 Å². The summed E-state index contributed by atoms with van der Waals surface area (Å²) in [7, 11) is 0. The van der Waals surface area contributed by atoms with Crippen LogP contribution in [0.2, 0.25) is 0 Å². The Kier molecular flexibility index (Phi) is 2.16. The van der Waals surface area contributed by atoms with Crippen molar-refractivity contribution in [1.82, 2.24) is 4.98 Å². The molecule has 1 aromatic heterocycles. The van der Waals surface area contributed by atoms with Crippen LogP contribution in [0.4, 0.5) is 0 Å². The molecule has 1 aliphatic carbocycles. The van der Waals surface area contributed by atoms with Crippen LogP contribution in [0, 0.1) is 5.41 Å². The number of aromatic nitrogens is 1. The minimum atomic E-state index is 0.380. The molecule has 0 saturated carbocycles. The lowest BCUT2D eigenvalue weighted by Crippen LogP contribution is -2.28. The number of thiazole rings is 1. The zero-order valence-electron chi connectivity index (χ0n) is 8.21. The van der Waals surface area contributed by atoms with Gasteiger partial charge in [0.15, 0.2) is 0 Å². The van der Waals surface area contributed by atoms with Gasteiger partial charge in [-0.3, -0.25) is 0 Å². The fourth-order valence-electron chi connectivity index (χ4n) is 2.22. The summed E-state index contributed by atoms with van der Waals surface area (Å²) in [5.74, 6) is 0.547. The van der Waals surface area contributed by atoms with Gasteiger partial charge >= 0.3 is 0 Å². The van der Waals surface area contributed by atoms with E-state index in [1.165, 1.54) is 17.0 Å². The summed E-state index contributed by atoms with van der Waals surface area (Å²) in [5.41, 5.74) is 9.40. The highest BCUT2D eigenvalue weighted by Crippen LogP contribution is 2.42. The quantitative estimate of drug-likeness (QED) is 0.747. The number of fused-ring (bicyclic) bond motifs is 1. The van der Waals surface area contributed by atoms with Crippen molar-refractivity contribution in [3.8, 4) is 0 Å². The highest BCUT2D eigenvalue weighted by atomic mass is 32.1. The van der Waals surface area contributed by atoms with Crippen LogP contribution in [0.1, 0.15) is 36.8 Å². The van der Waals surface area contributed by atoms with Gasteiger partial charge in [0.25, 0.3) is 0 Å². The lowest BCUT2D eigenvalue weighted by atomic mass is 9.74. The highest BCUT2D eigenvalue weighted by Gasteiger charge is 2.33. The van der Waals surface area contributed by atoms with E-state index in [1.807, 2.05) is 5.51 Å². The molecular weight excluding hydrogens is 180 g/mol. The first-order valence-corrected chi connectivity index (χ1v) is 5.63. The topological polar surface area (TPSA) is 38.9 Å². The Bertz CT molecular complexity index is 304. The van der Waals surface area contributed by atoms with Gasteiger partial charge in [-0.25, -0.2) is 4.98 Å². The number of hydrogen-bond acceptors (Lipinski definition) is 3. The maximum absolute atomic E-state index is 5.78. The van der Waals surface area contributed by atoms with E-state index >= 15 is 0 Å². The van der Waals surface area contributed by atoms with Crippen LogP contribution in [0.25, 0.3) is 0 Å². The first kappa shape index (κ1) is 9.16. The third-order valence-corrected chi connectivity index (χ3v) is 3.81. The zero-order chi connectivity index (χ0) is 9.47. The lowest BCUT2D eigenvalue weighted by Gasteiger charge is -2.33. The first-order chi connectivity index (χ1) is 6.12. The summed E-state index contributed by atoms with van der Waals surface area (Å²) < 4.78 is 0. The molecule has 0 aliphatic heterocycles. The molecule has 0 spiro atoms. The largest absolute Gasteiger partial charge is 0.330 e. The molecule has 2 rings (SSSR count). The second kappa shape index (κ2) is 3.07. The van der Waals surface area contributed by atoms with E-state index in [-0.39, 0.29) is 0 Å². The van der Waals surface area contributed by atoms with Crippen molar-refractivity contribution in [2.75, 3.05) is 6.54 Å². The lowest BCUT2D eigenvalue weighted by molar-refractivity contribution is 0.282. The molecule has 0 amide bonds. The third kappa shape index (κ3) is 1.63. The molecule has 1 unspecified atom stereocenters. The van der Waals surface area contributed by atoms with Gasteiger partial charge in [-0.15, -0.1) is 11.3 Å². The maximum atomic E-state index is 5.78. The molecule has 0 saturated heterocycles. The van der Waals surface area contributed by atoms with Gasteiger partial charge in [0.05, 0.1) is 11.2 Å². The minimum Gasteiger partial charge on any atom is -0.330 e. The summed E-state index contributed by atoms with van der Waals surface area (Å²) in [4.78, 5) is 5.85. The van der Waals surface area contributed by atoms with Crippen molar-refractivity contribution in [3.05, 3.63) is 16.1 Å². The predicted molar refractivity (Wildman–Crippen MR) is 56.0 cm³/mol. The van der Waals surface area contributed by atoms with Crippen LogP contribution >= 0.6 is 11.3 Å². The van der Waals surface area contributed by atoms with E-state index in [2.05, 4.69) is 18.8 Å². The smallest absolute Gasteiger partial charge is 0.0797 e. The molecular formula is C10H16N2S. The minimum absolute atomic E-state index is 0.380. The van der Waals surface area contributed by atoms with Gasteiger partial charge in [0.2, 0.25) is 0 Å². The fourth-order valence-corrected chi connectivity index (χ4v) is 3.14. The van der Waals surface area contributed by atoms with Crippen LogP contribution in [-0.4, -0.2) is 11.5 Å². The molecule has 72 valence electrons. The van der Waals surface area contributed by atoms with Crippen LogP contribution in [-0.2, 0) is 6.42 Å². The van der Waals surface area contributed by atoms with Crippen LogP contribution < -0.4 is 5.73 Å². The number of nitrogens with two attached hydrogens (primary N) is 1. The van der Waals surface area contributed by atoms with E-state index in [9.17, 15) is 0 Å². The van der Waals surface area contributed by atoms with E-state index in [4.69, 9.17) is 5.73 Å². The standard InChI is InChI=1S/C10H16N2S/c1-10(2)3-7(5-11)9-8(4-10)12-6-13-9/h6-7H,3-5,11H2,1-2H3. The second-order valence-electron chi connectivity index (χ2n) is 4.64. The van der Waals surface area contributed by atoms with Gasteiger partial charge in [0.1, 0.15) is 0 Å². The van der Waals surface area contributed by atoms with Gasteiger partial charge in [-0.05, 0) is 18.3 Å². The average Bonchev–Trinajstić information content (AvgIpc) is 2.48. The SMILES string of the molecule is CC1(C)Cc2ncsc2C(CN)C1. The Hall–Kier alpha value is -0.410. The van der Waals surface area contributed by atoms with Crippen molar-refractivity contribution in [3.63, 3.8) is 0 Å². The van der Waals surface area contributed by atoms with E-state index in [0.29, 0.717) is 11.3 Å². The Morgan fingerprint density at radius 1 is 1.69 bits per heavy atom. The number of nitrogens with zero attached hydrogens (tertiary/aromatic N) is 1. The molecule has 2 nitrogen and oxygen atoms in total. The monoisotopic (exact) mass is 196 g/mol. The molecule has 13 heavy (non-hydrogen) atoms. The molecule has 1 aromatic rings.